The summed E-state index contributed by atoms with van der Waals surface area (Å²) in [7, 11) is 0. The van der Waals surface area contributed by atoms with Crippen molar-refractivity contribution in [3.63, 3.8) is 0 Å². The lowest BCUT2D eigenvalue weighted by Gasteiger charge is -2.11. The van der Waals surface area contributed by atoms with E-state index in [9.17, 15) is 0 Å². The quantitative estimate of drug-likeness (QED) is 0.829. The fourth-order valence-corrected chi connectivity index (χ4v) is 3.60. The van der Waals surface area contributed by atoms with E-state index in [1.807, 2.05) is 30.0 Å². The smallest absolute Gasteiger partial charge is 0.161 e. The van der Waals surface area contributed by atoms with Crippen molar-refractivity contribution < 1.29 is 0 Å². The molecular formula is C13H16BrClN2S. The minimum absolute atomic E-state index is 0.614. The van der Waals surface area contributed by atoms with Crippen LogP contribution in [0.15, 0.2) is 27.7 Å². The first-order chi connectivity index (χ1) is 8.54. The van der Waals surface area contributed by atoms with Crippen LogP contribution in [0.5, 0.6) is 0 Å². The Morgan fingerprint density at radius 2 is 2.33 bits per heavy atom. The molecule has 2 nitrogen and oxygen atoms in total. The molecule has 0 radical (unpaired) electrons. The number of anilines is 1. The Labute approximate surface area is 126 Å². The van der Waals surface area contributed by atoms with E-state index >= 15 is 0 Å². The van der Waals surface area contributed by atoms with Crippen molar-refractivity contribution in [2.24, 2.45) is 10.9 Å². The number of hydrogen-bond acceptors (Lipinski definition) is 3. The van der Waals surface area contributed by atoms with E-state index in [1.54, 1.807) is 0 Å². The van der Waals surface area contributed by atoms with Crippen molar-refractivity contribution in [1.29, 1.82) is 0 Å². The second-order valence-corrected chi connectivity index (χ2v) is 7.32. The lowest BCUT2D eigenvalue weighted by Crippen LogP contribution is -2.09. The summed E-state index contributed by atoms with van der Waals surface area (Å²) < 4.78 is 0.900. The molecule has 1 heterocycles. The van der Waals surface area contributed by atoms with Gasteiger partial charge in [0.2, 0.25) is 0 Å². The maximum absolute atomic E-state index is 5.97. The van der Waals surface area contributed by atoms with Gasteiger partial charge in [0.05, 0.1) is 11.6 Å². The molecule has 0 saturated heterocycles. The molecule has 2 rings (SSSR count). The third kappa shape index (κ3) is 3.90. The lowest BCUT2D eigenvalue weighted by atomic mass is 10.1. The van der Waals surface area contributed by atoms with Gasteiger partial charge in [-0.05, 0) is 46.5 Å². The van der Waals surface area contributed by atoms with Crippen LogP contribution in [0.25, 0.3) is 0 Å². The molecule has 1 aromatic carbocycles. The minimum atomic E-state index is 0.614. The standard InChI is InChI=1S/C13H16BrClN2S/c1-8(2)5-10-7-16-13(18-10)17-9-3-4-12(15)11(14)6-9/h3-4,6,8,10H,5,7H2,1-2H3,(H,16,17). The molecule has 0 aromatic heterocycles. The van der Waals surface area contributed by atoms with E-state index in [0.29, 0.717) is 5.25 Å². The largest absolute Gasteiger partial charge is 0.335 e. The Kier molecular flexibility index (Phi) is 4.98. The zero-order valence-electron chi connectivity index (χ0n) is 10.4. The molecule has 0 bridgehead atoms. The number of rotatable bonds is 3. The van der Waals surface area contributed by atoms with E-state index in [4.69, 9.17) is 11.6 Å². The van der Waals surface area contributed by atoms with Crippen LogP contribution >= 0.6 is 39.3 Å². The van der Waals surface area contributed by atoms with E-state index in [0.717, 1.165) is 32.8 Å². The molecule has 98 valence electrons. The van der Waals surface area contributed by atoms with Gasteiger partial charge in [-0.1, -0.05) is 37.2 Å². The molecule has 0 saturated carbocycles. The molecule has 0 spiro atoms. The van der Waals surface area contributed by atoms with Gasteiger partial charge in [0.25, 0.3) is 0 Å². The summed E-state index contributed by atoms with van der Waals surface area (Å²) in [6, 6.07) is 5.81. The van der Waals surface area contributed by atoms with E-state index in [2.05, 4.69) is 40.1 Å². The maximum atomic E-state index is 5.97. The van der Waals surface area contributed by atoms with E-state index in [1.165, 1.54) is 6.42 Å². The molecule has 1 aromatic rings. The summed E-state index contributed by atoms with van der Waals surface area (Å²) in [5, 5.41) is 5.68. The van der Waals surface area contributed by atoms with Gasteiger partial charge in [-0.3, -0.25) is 4.99 Å². The summed E-state index contributed by atoms with van der Waals surface area (Å²) in [6.07, 6.45) is 1.21. The molecular weight excluding hydrogens is 332 g/mol. The van der Waals surface area contributed by atoms with Gasteiger partial charge in [0.15, 0.2) is 5.17 Å². The molecule has 0 aliphatic carbocycles. The SMILES string of the molecule is CC(C)CC1CN=C(Nc2ccc(Cl)c(Br)c2)S1. The fourth-order valence-electron chi connectivity index (χ4n) is 1.83. The van der Waals surface area contributed by atoms with E-state index < -0.39 is 0 Å². The highest BCUT2D eigenvalue weighted by molar-refractivity contribution is 9.10. The van der Waals surface area contributed by atoms with Crippen molar-refractivity contribution in [2.75, 3.05) is 11.9 Å². The Bertz CT molecular complexity index is 462. The third-order valence-corrected chi connectivity index (χ3v) is 4.97. The maximum Gasteiger partial charge on any atom is 0.161 e. The third-order valence-electron chi connectivity index (χ3n) is 2.62. The first-order valence-electron chi connectivity index (χ1n) is 5.98. The summed E-state index contributed by atoms with van der Waals surface area (Å²) in [5.74, 6) is 0.724. The number of nitrogens with zero attached hydrogens (tertiary/aromatic N) is 1. The lowest BCUT2D eigenvalue weighted by molar-refractivity contribution is 0.575. The zero-order valence-corrected chi connectivity index (χ0v) is 13.6. The average Bonchev–Trinajstić information content (AvgIpc) is 2.70. The average molecular weight is 348 g/mol. The Morgan fingerprint density at radius 3 is 3.00 bits per heavy atom. The Morgan fingerprint density at radius 1 is 1.56 bits per heavy atom. The fraction of sp³-hybridized carbons (Fsp3) is 0.462. The van der Waals surface area contributed by atoms with Gasteiger partial charge in [-0.25, -0.2) is 0 Å². The normalized spacial score (nSPS) is 19.2. The molecule has 1 aliphatic rings. The molecule has 5 heteroatoms. The molecule has 0 fully saturated rings. The van der Waals surface area contributed by atoms with Crippen LogP contribution in [-0.4, -0.2) is 17.0 Å². The summed E-state index contributed by atoms with van der Waals surface area (Å²) in [5.41, 5.74) is 1.02. The molecule has 1 unspecified atom stereocenters. The summed E-state index contributed by atoms with van der Waals surface area (Å²) in [4.78, 5) is 4.54. The monoisotopic (exact) mass is 346 g/mol. The number of halogens is 2. The minimum Gasteiger partial charge on any atom is -0.335 e. The van der Waals surface area contributed by atoms with Crippen LogP contribution in [0.2, 0.25) is 5.02 Å². The van der Waals surface area contributed by atoms with Crippen LogP contribution in [0.3, 0.4) is 0 Å². The van der Waals surface area contributed by atoms with Gasteiger partial charge in [-0.15, -0.1) is 0 Å². The van der Waals surface area contributed by atoms with Crippen LogP contribution in [0.1, 0.15) is 20.3 Å². The van der Waals surface area contributed by atoms with E-state index in [-0.39, 0.29) is 0 Å². The van der Waals surface area contributed by atoms with Crippen LogP contribution < -0.4 is 5.32 Å². The highest BCUT2D eigenvalue weighted by Gasteiger charge is 2.20. The Hall–Kier alpha value is -0.190. The predicted octanol–water partition coefficient (Wildman–Crippen LogP) is 5.03. The van der Waals surface area contributed by atoms with Crippen molar-refractivity contribution in [3.8, 4) is 0 Å². The molecule has 1 N–H and O–H groups in total. The number of benzene rings is 1. The predicted molar refractivity (Wildman–Crippen MR) is 85.9 cm³/mol. The van der Waals surface area contributed by atoms with Gasteiger partial charge < -0.3 is 5.32 Å². The van der Waals surface area contributed by atoms with Crippen molar-refractivity contribution in [1.82, 2.24) is 0 Å². The van der Waals surface area contributed by atoms with Crippen molar-refractivity contribution in [2.45, 2.75) is 25.5 Å². The second-order valence-electron chi connectivity index (χ2n) is 4.77. The summed E-state index contributed by atoms with van der Waals surface area (Å²) in [6.45, 7) is 5.42. The summed E-state index contributed by atoms with van der Waals surface area (Å²) >= 11 is 11.2. The molecule has 1 atom stereocenters. The number of nitrogens with one attached hydrogen (secondary N) is 1. The highest BCUT2D eigenvalue weighted by Crippen LogP contribution is 2.29. The Balaban J connectivity index is 1.93. The number of hydrogen-bond donors (Lipinski definition) is 1. The topological polar surface area (TPSA) is 24.4 Å². The number of amidine groups is 1. The van der Waals surface area contributed by atoms with Crippen molar-refractivity contribution in [3.05, 3.63) is 27.7 Å². The van der Waals surface area contributed by atoms with Gasteiger partial charge >= 0.3 is 0 Å². The molecule has 0 amide bonds. The molecule has 18 heavy (non-hydrogen) atoms. The number of aliphatic imine (C=N–C) groups is 1. The first kappa shape index (κ1) is 14.2. The number of thioether (sulfide) groups is 1. The highest BCUT2D eigenvalue weighted by atomic mass is 79.9. The van der Waals surface area contributed by atoms with Gasteiger partial charge in [0, 0.05) is 15.4 Å². The zero-order chi connectivity index (χ0) is 13.1. The van der Waals surface area contributed by atoms with Crippen molar-refractivity contribution >= 4 is 50.1 Å². The van der Waals surface area contributed by atoms with Crippen LogP contribution in [0, 0.1) is 5.92 Å². The van der Waals surface area contributed by atoms with Crippen LogP contribution in [0.4, 0.5) is 5.69 Å². The second kappa shape index (κ2) is 6.31. The molecule has 1 aliphatic heterocycles. The van der Waals surface area contributed by atoms with Gasteiger partial charge in [0.1, 0.15) is 0 Å². The van der Waals surface area contributed by atoms with Gasteiger partial charge in [-0.2, -0.15) is 0 Å². The van der Waals surface area contributed by atoms with Crippen LogP contribution in [-0.2, 0) is 0 Å². The first-order valence-corrected chi connectivity index (χ1v) is 8.03.